The Morgan fingerprint density at radius 2 is 0.600 bits per heavy atom. The summed E-state index contributed by atoms with van der Waals surface area (Å²) in [6, 6.07) is 0. The van der Waals surface area contributed by atoms with Gasteiger partial charge in [0.2, 0.25) is 0 Å². The average molecular weight is 592 g/mol. The van der Waals surface area contributed by atoms with E-state index in [2.05, 4.69) is 0 Å². The summed E-state index contributed by atoms with van der Waals surface area (Å²) in [4.78, 5) is 61.0. The molecule has 0 spiro atoms. The van der Waals surface area contributed by atoms with Crippen molar-refractivity contribution in [1.29, 1.82) is 0 Å². The standard InChI is InChI=1S/2C6H8O7.3Ca.H2Se.6H/c2*7-3(8)1-6(13,5(11)12)2-4(9)10;;;;;;;;;;/h2*13H,1-2H2,(H,7,8)(H,9,10)(H,11,12);;;;1H2;;;;;;. The Bertz CT molecular complexity index is 527. The minimum atomic E-state index is -2.74. The molecule has 168 valence electrons. The SMILES string of the molecule is O=C(O)CC(O)(CC(=O)O)C(=O)O.O=C(O)CC(O)(CC(=O)O)C(=O)O.[CaH2].[CaH2].[CaH2].[SeH2]. The molecule has 0 unspecified atom stereocenters. The van der Waals surface area contributed by atoms with Gasteiger partial charge in [-0.1, -0.05) is 0 Å². The van der Waals surface area contributed by atoms with Gasteiger partial charge >= 0.3 is 166 Å². The van der Waals surface area contributed by atoms with Crippen molar-refractivity contribution in [2.24, 2.45) is 0 Å². The molecule has 0 aromatic rings. The van der Waals surface area contributed by atoms with E-state index in [0.29, 0.717) is 0 Å². The number of rotatable bonds is 10. The normalized spacial score (nSPS) is 9.40. The van der Waals surface area contributed by atoms with E-state index in [0.717, 1.165) is 0 Å². The van der Waals surface area contributed by atoms with Crippen LogP contribution in [-0.4, -0.2) is 218 Å². The number of aliphatic carboxylic acids is 6. The van der Waals surface area contributed by atoms with Crippen LogP contribution >= 0.6 is 0 Å². The monoisotopic (exact) mass is 592 g/mol. The zero-order valence-electron chi connectivity index (χ0n) is 13.4. The third-order valence-corrected chi connectivity index (χ3v) is 2.57. The first kappa shape index (κ1) is 44.7. The molecule has 0 rings (SSSR count). The molecule has 18 heteroatoms. The van der Waals surface area contributed by atoms with Crippen molar-refractivity contribution < 1.29 is 69.6 Å². The first-order chi connectivity index (χ1) is 11.6. The molecule has 0 amide bonds. The minimum absolute atomic E-state index is 0. The summed E-state index contributed by atoms with van der Waals surface area (Å²) in [6.07, 6.45) is -4.58. The summed E-state index contributed by atoms with van der Waals surface area (Å²) in [5.41, 5.74) is -5.48. The molecule has 0 aliphatic rings. The molecular weight excluding hydrogens is 567 g/mol. The fraction of sp³-hybridized carbons (Fsp3) is 0.500. The fourth-order valence-electron chi connectivity index (χ4n) is 1.43. The second kappa shape index (κ2) is 20.6. The van der Waals surface area contributed by atoms with E-state index in [1.54, 1.807) is 0 Å². The molecule has 30 heavy (non-hydrogen) atoms. The van der Waals surface area contributed by atoms with Gasteiger partial charge in [-0.3, -0.25) is 19.2 Å². The van der Waals surface area contributed by atoms with Gasteiger partial charge in [0.25, 0.3) is 0 Å². The van der Waals surface area contributed by atoms with Crippen LogP contribution in [0.1, 0.15) is 25.7 Å². The van der Waals surface area contributed by atoms with Crippen LogP contribution in [0.2, 0.25) is 0 Å². The van der Waals surface area contributed by atoms with Gasteiger partial charge in [0, 0.05) is 0 Å². The van der Waals surface area contributed by atoms with E-state index in [-0.39, 0.29) is 130 Å². The molecule has 0 saturated heterocycles. The van der Waals surface area contributed by atoms with E-state index >= 15 is 0 Å². The molecule has 0 aliphatic heterocycles. The number of hydrogen-bond acceptors (Lipinski definition) is 8. The van der Waals surface area contributed by atoms with Gasteiger partial charge in [-0.15, -0.1) is 0 Å². The molecule has 0 fully saturated rings. The summed E-state index contributed by atoms with van der Waals surface area (Å²) < 4.78 is 0. The van der Waals surface area contributed by atoms with Crippen molar-refractivity contribution in [3.8, 4) is 0 Å². The molecule has 0 aromatic carbocycles. The van der Waals surface area contributed by atoms with Gasteiger partial charge in [-0.05, 0) is 0 Å². The Labute approximate surface area is 268 Å². The van der Waals surface area contributed by atoms with Crippen molar-refractivity contribution >= 4 is 166 Å². The molecule has 14 nitrogen and oxygen atoms in total. The van der Waals surface area contributed by atoms with Gasteiger partial charge in [-0.25, -0.2) is 9.59 Å². The number of carboxylic acid groups (broad SMARTS) is 6. The van der Waals surface area contributed by atoms with E-state index in [1.165, 1.54) is 0 Å². The van der Waals surface area contributed by atoms with Crippen LogP contribution in [0.15, 0.2) is 0 Å². The van der Waals surface area contributed by atoms with Crippen LogP contribution in [0.25, 0.3) is 0 Å². The summed E-state index contributed by atoms with van der Waals surface area (Å²) >= 11 is 0. The Morgan fingerprint density at radius 1 is 0.467 bits per heavy atom. The number of carbonyl (C=O) groups is 6. The molecule has 0 aromatic heterocycles. The van der Waals surface area contributed by atoms with Crippen molar-refractivity contribution in [2.75, 3.05) is 0 Å². The van der Waals surface area contributed by atoms with E-state index in [1.807, 2.05) is 0 Å². The van der Waals surface area contributed by atoms with Gasteiger partial charge in [-0.2, -0.15) is 0 Å². The fourth-order valence-corrected chi connectivity index (χ4v) is 1.43. The topological polar surface area (TPSA) is 264 Å². The zero-order chi connectivity index (χ0) is 21.3. The molecule has 0 radical (unpaired) electrons. The Balaban J connectivity index is -0.0000000847. The second-order valence-electron chi connectivity index (χ2n) is 4.96. The van der Waals surface area contributed by atoms with Gasteiger partial charge in [0.15, 0.2) is 11.2 Å². The first-order valence-electron chi connectivity index (χ1n) is 6.34. The molecule has 0 heterocycles. The molecule has 0 saturated carbocycles. The van der Waals surface area contributed by atoms with Crippen molar-refractivity contribution in [1.82, 2.24) is 0 Å². The number of hydrogen-bond donors (Lipinski definition) is 8. The zero-order valence-corrected chi connectivity index (χ0v) is 15.5. The Morgan fingerprint density at radius 3 is 0.667 bits per heavy atom. The molecule has 0 aliphatic carbocycles. The predicted molar refractivity (Wildman–Crippen MR) is 108 cm³/mol. The quantitative estimate of drug-likeness (QED) is 0.110. The van der Waals surface area contributed by atoms with Gasteiger partial charge < -0.3 is 40.9 Å². The van der Waals surface area contributed by atoms with Crippen molar-refractivity contribution in [3.05, 3.63) is 0 Å². The Hall–Kier alpha value is 1.04. The van der Waals surface area contributed by atoms with E-state index in [9.17, 15) is 28.8 Å². The van der Waals surface area contributed by atoms with Crippen LogP contribution in [-0.2, 0) is 28.8 Å². The van der Waals surface area contributed by atoms with E-state index in [4.69, 9.17) is 40.9 Å². The summed E-state index contributed by atoms with van der Waals surface area (Å²) in [7, 11) is 0. The first-order valence-corrected chi connectivity index (χ1v) is 6.34. The summed E-state index contributed by atoms with van der Waals surface area (Å²) in [6.45, 7) is 0. The summed E-state index contributed by atoms with van der Waals surface area (Å²) in [5, 5.41) is 67.6. The molecule has 8 N–H and O–H groups in total. The molecule has 0 atom stereocenters. The maximum atomic E-state index is 10.3. The third-order valence-electron chi connectivity index (χ3n) is 2.57. The summed E-state index contributed by atoms with van der Waals surface area (Å²) in [5.74, 6) is -10.0. The molecular formula is C12H24Ca3O14Se. The second-order valence-corrected chi connectivity index (χ2v) is 4.96. The van der Waals surface area contributed by atoms with Gasteiger partial charge in [0.1, 0.15) is 0 Å². The predicted octanol–water partition coefficient (Wildman–Crippen LogP) is -6.16. The van der Waals surface area contributed by atoms with Crippen LogP contribution < -0.4 is 0 Å². The maximum absolute atomic E-state index is 10.3. The average Bonchev–Trinajstić information content (AvgIpc) is 2.34. The number of aliphatic hydroxyl groups is 2. The Kier molecular flexibility index (Phi) is 30.7. The van der Waals surface area contributed by atoms with Crippen LogP contribution in [0.3, 0.4) is 0 Å². The van der Waals surface area contributed by atoms with Crippen LogP contribution in [0, 0.1) is 0 Å². The van der Waals surface area contributed by atoms with E-state index < -0.39 is 72.7 Å². The van der Waals surface area contributed by atoms with Gasteiger partial charge in [0.05, 0.1) is 25.7 Å². The van der Waals surface area contributed by atoms with Crippen molar-refractivity contribution in [3.63, 3.8) is 0 Å². The van der Waals surface area contributed by atoms with Crippen molar-refractivity contribution in [2.45, 2.75) is 36.9 Å². The molecule has 0 bridgehead atoms. The van der Waals surface area contributed by atoms with Crippen LogP contribution in [0.5, 0.6) is 0 Å². The van der Waals surface area contributed by atoms with Crippen LogP contribution in [0.4, 0.5) is 0 Å². The third kappa shape index (κ3) is 20.9. The number of carboxylic acids is 6.